The fourth-order valence-corrected chi connectivity index (χ4v) is 3.81. The molecule has 0 amide bonds. The largest absolute Gasteiger partial charge is 0.494 e. The van der Waals surface area contributed by atoms with Crippen LogP contribution >= 0.6 is 0 Å². The van der Waals surface area contributed by atoms with E-state index in [1.807, 2.05) is 0 Å². The van der Waals surface area contributed by atoms with E-state index in [0.717, 1.165) is 5.46 Å². The van der Waals surface area contributed by atoms with Crippen molar-refractivity contribution in [3.63, 3.8) is 0 Å². The number of hydrogen-bond donors (Lipinski definition) is 0. The van der Waals surface area contributed by atoms with Crippen LogP contribution < -0.4 is 5.46 Å². The lowest BCUT2D eigenvalue weighted by Crippen LogP contribution is -2.41. The van der Waals surface area contributed by atoms with Gasteiger partial charge in [-0.3, -0.25) is 0 Å². The number of benzene rings is 1. The van der Waals surface area contributed by atoms with Gasteiger partial charge in [-0.15, -0.1) is 0 Å². The lowest BCUT2D eigenvalue weighted by atomic mass is 9.78. The first-order valence-electron chi connectivity index (χ1n) is 11.8. The van der Waals surface area contributed by atoms with E-state index in [-0.39, 0.29) is 18.3 Å². The van der Waals surface area contributed by atoms with Gasteiger partial charge in [0.05, 0.1) is 11.2 Å². The highest BCUT2D eigenvalue weighted by Crippen LogP contribution is 2.36. The third-order valence-electron chi connectivity index (χ3n) is 6.57. The molecule has 1 aromatic carbocycles. The van der Waals surface area contributed by atoms with Gasteiger partial charge in [0.15, 0.2) is 0 Å². The summed E-state index contributed by atoms with van der Waals surface area (Å²) in [5.41, 5.74) is 2.01. The van der Waals surface area contributed by atoms with Gasteiger partial charge in [0.1, 0.15) is 0 Å². The highest BCUT2D eigenvalue weighted by atomic mass is 16.7. The van der Waals surface area contributed by atoms with E-state index in [2.05, 4.69) is 58.9 Å². The van der Waals surface area contributed by atoms with Gasteiger partial charge in [0, 0.05) is 0 Å². The molecule has 0 aromatic heterocycles. The average molecular weight is 386 g/mol. The Morgan fingerprint density at radius 2 is 1.07 bits per heavy atom. The van der Waals surface area contributed by atoms with Crippen molar-refractivity contribution in [1.82, 2.24) is 0 Å². The Labute approximate surface area is 174 Å². The van der Waals surface area contributed by atoms with Gasteiger partial charge in [0.25, 0.3) is 0 Å². The van der Waals surface area contributed by atoms with Crippen molar-refractivity contribution in [2.45, 2.75) is 123 Å². The quantitative estimate of drug-likeness (QED) is 0.273. The summed E-state index contributed by atoms with van der Waals surface area (Å²) < 4.78 is 12.3. The molecule has 1 heterocycles. The van der Waals surface area contributed by atoms with Crippen LogP contribution in [0.3, 0.4) is 0 Å². The van der Waals surface area contributed by atoms with Crippen molar-refractivity contribution in [1.29, 1.82) is 0 Å². The van der Waals surface area contributed by atoms with Gasteiger partial charge < -0.3 is 9.31 Å². The van der Waals surface area contributed by atoms with Crippen molar-refractivity contribution >= 4 is 12.6 Å². The summed E-state index contributed by atoms with van der Waals surface area (Å²) in [5.74, 6) is 0. The molecule has 2 nitrogen and oxygen atoms in total. The smallest absolute Gasteiger partial charge is 0.399 e. The summed E-state index contributed by atoms with van der Waals surface area (Å²) in [6, 6.07) is 8.85. The van der Waals surface area contributed by atoms with Crippen molar-refractivity contribution in [3.8, 4) is 0 Å². The molecule has 1 aliphatic rings. The second-order valence-electron chi connectivity index (χ2n) is 9.62. The molecule has 1 fully saturated rings. The van der Waals surface area contributed by atoms with Crippen LogP contribution in [-0.2, 0) is 15.7 Å². The van der Waals surface area contributed by atoms with Gasteiger partial charge in [-0.25, -0.2) is 0 Å². The molecule has 0 spiro atoms. The van der Waals surface area contributed by atoms with E-state index in [1.165, 1.54) is 82.6 Å². The van der Waals surface area contributed by atoms with Gasteiger partial charge in [-0.2, -0.15) is 0 Å². The lowest BCUT2D eigenvalue weighted by Gasteiger charge is -2.32. The highest BCUT2D eigenvalue weighted by molar-refractivity contribution is 6.62. The zero-order valence-corrected chi connectivity index (χ0v) is 19.2. The summed E-state index contributed by atoms with van der Waals surface area (Å²) in [6.07, 6.45) is 16.6. The van der Waals surface area contributed by atoms with Crippen LogP contribution in [0.5, 0.6) is 0 Å². The maximum Gasteiger partial charge on any atom is 0.494 e. The first-order valence-corrected chi connectivity index (χ1v) is 11.8. The van der Waals surface area contributed by atoms with E-state index >= 15 is 0 Å². The predicted octanol–water partition coefficient (Wildman–Crippen LogP) is 6.84. The summed E-state index contributed by atoms with van der Waals surface area (Å²) in [7, 11) is -0.249. The van der Waals surface area contributed by atoms with Crippen molar-refractivity contribution in [3.05, 3.63) is 29.8 Å². The molecule has 158 valence electrons. The summed E-state index contributed by atoms with van der Waals surface area (Å²) in [6.45, 7) is 10.7. The Kier molecular flexibility index (Phi) is 9.57. The molecule has 1 saturated heterocycles. The molecule has 0 aliphatic carbocycles. The minimum Gasteiger partial charge on any atom is -0.399 e. The Balaban J connectivity index is 1.57. The third-order valence-corrected chi connectivity index (χ3v) is 6.57. The van der Waals surface area contributed by atoms with Gasteiger partial charge in [-0.05, 0) is 51.6 Å². The SMILES string of the molecule is CCCCCCCCCCCCCc1ccc(B2OC(C)(C)C(C)(C)O2)cc1. The van der Waals surface area contributed by atoms with E-state index < -0.39 is 0 Å². The zero-order valence-electron chi connectivity index (χ0n) is 19.2. The molecule has 0 atom stereocenters. The maximum absolute atomic E-state index is 6.14. The van der Waals surface area contributed by atoms with E-state index in [9.17, 15) is 0 Å². The molecule has 0 unspecified atom stereocenters. The van der Waals surface area contributed by atoms with Gasteiger partial charge in [-0.1, -0.05) is 95.4 Å². The molecule has 1 aliphatic heterocycles. The second-order valence-corrected chi connectivity index (χ2v) is 9.62. The third kappa shape index (κ3) is 7.23. The van der Waals surface area contributed by atoms with Gasteiger partial charge in [0.2, 0.25) is 0 Å². The Morgan fingerprint density at radius 3 is 1.54 bits per heavy atom. The summed E-state index contributed by atoms with van der Waals surface area (Å²) in [4.78, 5) is 0. The molecule has 3 heteroatoms. The topological polar surface area (TPSA) is 18.5 Å². The van der Waals surface area contributed by atoms with Crippen LogP contribution in [0.1, 0.15) is 111 Å². The number of unbranched alkanes of at least 4 members (excludes halogenated alkanes) is 10. The van der Waals surface area contributed by atoms with Gasteiger partial charge >= 0.3 is 7.12 Å². The fraction of sp³-hybridized carbons (Fsp3) is 0.760. The van der Waals surface area contributed by atoms with Crippen LogP contribution in [0.2, 0.25) is 0 Å². The van der Waals surface area contributed by atoms with Crippen molar-refractivity contribution in [2.24, 2.45) is 0 Å². The number of hydrogen-bond acceptors (Lipinski definition) is 2. The molecular formula is C25H43BO2. The number of aryl methyl sites for hydroxylation is 1. The Hall–Kier alpha value is -0.795. The standard InChI is InChI=1S/C25H43BO2/c1-6-7-8-9-10-11-12-13-14-15-16-17-22-18-20-23(21-19-22)26-27-24(2,3)25(4,5)28-26/h18-21H,6-17H2,1-5H3. The van der Waals surface area contributed by atoms with Crippen LogP contribution in [0.15, 0.2) is 24.3 Å². The van der Waals surface area contributed by atoms with E-state index in [4.69, 9.17) is 9.31 Å². The predicted molar refractivity (Wildman–Crippen MR) is 122 cm³/mol. The van der Waals surface area contributed by atoms with E-state index in [1.54, 1.807) is 0 Å². The molecule has 0 radical (unpaired) electrons. The molecule has 28 heavy (non-hydrogen) atoms. The van der Waals surface area contributed by atoms with Crippen LogP contribution in [0, 0.1) is 0 Å². The monoisotopic (exact) mass is 386 g/mol. The normalized spacial score (nSPS) is 18.0. The molecule has 0 saturated carbocycles. The molecule has 0 bridgehead atoms. The maximum atomic E-state index is 6.14. The first-order chi connectivity index (χ1) is 13.4. The van der Waals surface area contributed by atoms with Crippen LogP contribution in [-0.4, -0.2) is 18.3 Å². The second kappa shape index (κ2) is 11.4. The Bertz CT molecular complexity index is 534. The molecule has 1 aromatic rings. The molecular weight excluding hydrogens is 343 g/mol. The summed E-state index contributed by atoms with van der Waals surface area (Å²) >= 11 is 0. The highest BCUT2D eigenvalue weighted by Gasteiger charge is 2.51. The minimum absolute atomic E-state index is 0.249. The van der Waals surface area contributed by atoms with Crippen LogP contribution in [0.4, 0.5) is 0 Å². The van der Waals surface area contributed by atoms with E-state index in [0.29, 0.717) is 0 Å². The first kappa shape index (κ1) is 23.5. The minimum atomic E-state index is -0.272. The van der Waals surface area contributed by atoms with Crippen molar-refractivity contribution < 1.29 is 9.31 Å². The summed E-state index contributed by atoms with van der Waals surface area (Å²) in [5, 5.41) is 0. The average Bonchev–Trinajstić information content (AvgIpc) is 2.87. The molecule has 2 rings (SSSR count). The lowest BCUT2D eigenvalue weighted by molar-refractivity contribution is 0.00578. The fourth-order valence-electron chi connectivity index (χ4n) is 3.81. The zero-order chi connectivity index (χ0) is 20.5. The Morgan fingerprint density at radius 1 is 0.643 bits per heavy atom. The van der Waals surface area contributed by atoms with Crippen molar-refractivity contribution in [2.75, 3.05) is 0 Å². The van der Waals surface area contributed by atoms with Crippen LogP contribution in [0.25, 0.3) is 0 Å². The number of rotatable bonds is 13. The molecule has 0 N–H and O–H groups in total.